The number of nitrogens with zero attached hydrogens (tertiary/aromatic N) is 4. The van der Waals surface area contributed by atoms with E-state index in [1.807, 2.05) is 0 Å². The van der Waals surface area contributed by atoms with Gasteiger partial charge in [-0.15, -0.1) is 5.10 Å². The third-order valence-electron chi connectivity index (χ3n) is 4.04. The number of hydrogen-bond donors (Lipinski definition) is 1. The molecule has 1 fully saturated rings. The van der Waals surface area contributed by atoms with Crippen LogP contribution in [0.25, 0.3) is 10.9 Å². The van der Waals surface area contributed by atoms with E-state index >= 15 is 0 Å². The van der Waals surface area contributed by atoms with Crippen molar-refractivity contribution in [2.45, 2.75) is 19.4 Å². The van der Waals surface area contributed by atoms with E-state index in [1.165, 1.54) is 4.90 Å². The molecule has 0 spiro atoms. The fraction of sp³-hybridized carbons (Fsp3) is 0.400. The lowest BCUT2D eigenvalue weighted by Gasteiger charge is -2.30. The number of carbonyl (C=O) groups excluding carboxylic acids is 1. The fourth-order valence-corrected chi connectivity index (χ4v) is 2.76. The van der Waals surface area contributed by atoms with Crippen LogP contribution >= 0.6 is 0 Å². The fourth-order valence-electron chi connectivity index (χ4n) is 2.76. The summed E-state index contributed by atoms with van der Waals surface area (Å²) in [7, 11) is 0. The van der Waals surface area contributed by atoms with E-state index in [0.717, 1.165) is 4.68 Å². The van der Waals surface area contributed by atoms with Gasteiger partial charge in [-0.3, -0.25) is 14.4 Å². The normalized spacial score (nSPS) is 18.1. The molecule has 1 aromatic carbocycles. The summed E-state index contributed by atoms with van der Waals surface area (Å²) in [6.07, 6.45) is 1.20. The molecule has 0 radical (unpaired) electrons. The van der Waals surface area contributed by atoms with Gasteiger partial charge < -0.3 is 10.0 Å². The lowest BCUT2D eigenvalue weighted by atomic mass is 9.98. The van der Waals surface area contributed by atoms with E-state index in [4.69, 9.17) is 5.11 Å². The van der Waals surface area contributed by atoms with Crippen molar-refractivity contribution in [3.63, 3.8) is 0 Å². The summed E-state index contributed by atoms with van der Waals surface area (Å²) in [4.78, 5) is 37.2. The molecule has 1 saturated heterocycles. The summed E-state index contributed by atoms with van der Waals surface area (Å²) < 4.78 is 1.02. The zero-order chi connectivity index (χ0) is 16.4. The maximum absolute atomic E-state index is 12.3. The van der Waals surface area contributed by atoms with Gasteiger partial charge in [0.1, 0.15) is 12.1 Å². The van der Waals surface area contributed by atoms with E-state index < -0.39 is 11.9 Å². The standard InChI is InChI=1S/C15H16N4O4/c20-13(18-7-3-4-10(8-18)15(22)23)9-19-14(21)11-5-1-2-6-12(11)16-17-19/h1-2,5-6,10H,3-4,7-9H2,(H,22,23)/t10-/m0/s1. The molecule has 2 aromatic rings. The lowest BCUT2D eigenvalue weighted by molar-refractivity contribution is -0.145. The Morgan fingerprint density at radius 1 is 1.30 bits per heavy atom. The van der Waals surface area contributed by atoms with Crippen LogP contribution < -0.4 is 5.56 Å². The van der Waals surface area contributed by atoms with Crippen molar-refractivity contribution in [2.75, 3.05) is 13.1 Å². The molecule has 120 valence electrons. The molecular formula is C15H16N4O4. The second kappa shape index (κ2) is 6.15. The molecule has 1 amide bonds. The van der Waals surface area contributed by atoms with Gasteiger partial charge in [-0.25, -0.2) is 4.68 Å². The molecule has 2 heterocycles. The Morgan fingerprint density at radius 2 is 2.09 bits per heavy atom. The van der Waals surface area contributed by atoms with Crippen molar-refractivity contribution in [3.05, 3.63) is 34.6 Å². The summed E-state index contributed by atoms with van der Waals surface area (Å²) in [6.45, 7) is 0.436. The molecule has 0 saturated carbocycles. The summed E-state index contributed by atoms with van der Waals surface area (Å²) in [6, 6.07) is 6.79. The minimum Gasteiger partial charge on any atom is -0.481 e. The number of hydrogen-bond acceptors (Lipinski definition) is 5. The average molecular weight is 316 g/mol. The molecule has 1 atom stereocenters. The highest BCUT2D eigenvalue weighted by atomic mass is 16.4. The maximum Gasteiger partial charge on any atom is 0.308 e. The number of rotatable bonds is 3. The number of piperidine rings is 1. The number of aliphatic carboxylic acids is 1. The van der Waals surface area contributed by atoms with Gasteiger partial charge in [0, 0.05) is 13.1 Å². The third-order valence-corrected chi connectivity index (χ3v) is 4.04. The second-order valence-electron chi connectivity index (χ2n) is 5.59. The third kappa shape index (κ3) is 3.05. The monoisotopic (exact) mass is 316 g/mol. The van der Waals surface area contributed by atoms with Crippen LogP contribution in [0, 0.1) is 5.92 Å². The number of carboxylic acid groups (broad SMARTS) is 1. The van der Waals surface area contributed by atoms with Crippen LogP contribution in [-0.4, -0.2) is 50.0 Å². The quantitative estimate of drug-likeness (QED) is 0.862. The second-order valence-corrected chi connectivity index (χ2v) is 5.59. The first kappa shape index (κ1) is 15.1. The Hall–Kier alpha value is -2.77. The summed E-state index contributed by atoms with van der Waals surface area (Å²) in [5.74, 6) is -1.76. The highest BCUT2D eigenvalue weighted by Gasteiger charge is 2.28. The van der Waals surface area contributed by atoms with E-state index in [0.29, 0.717) is 30.3 Å². The van der Waals surface area contributed by atoms with E-state index in [1.54, 1.807) is 24.3 Å². The van der Waals surface area contributed by atoms with Crippen molar-refractivity contribution >= 4 is 22.8 Å². The Balaban J connectivity index is 1.79. The van der Waals surface area contributed by atoms with Gasteiger partial charge >= 0.3 is 5.97 Å². The van der Waals surface area contributed by atoms with Crippen LogP contribution in [0.3, 0.4) is 0 Å². The van der Waals surface area contributed by atoms with Crippen molar-refractivity contribution in [2.24, 2.45) is 5.92 Å². The van der Waals surface area contributed by atoms with Gasteiger partial charge in [-0.2, -0.15) is 0 Å². The smallest absolute Gasteiger partial charge is 0.308 e. The predicted molar refractivity (Wildman–Crippen MR) is 80.7 cm³/mol. The highest BCUT2D eigenvalue weighted by molar-refractivity contribution is 5.79. The number of fused-ring (bicyclic) bond motifs is 1. The number of carboxylic acids is 1. The Morgan fingerprint density at radius 3 is 2.87 bits per heavy atom. The molecule has 3 rings (SSSR count). The number of likely N-dealkylation sites (tertiary alicyclic amines) is 1. The molecule has 1 aliphatic heterocycles. The van der Waals surface area contributed by atoms with Gasteiger partial charge in [0.2, 0.25) is 5.91 Å². The summed E-state index contributed by atoms with van der Waals surface area (Å²) in [5.41, 5.74) is 0.0980. The molecule has 0 bridgehead atoms. The lowest BCUT2D eigenvalue weighted by Crippen LogP contribution is -2.45. The maximum atomic E-state index is 12.3. The number of amides is 1. The molecule has 1 aliphatic rings. The first-order valence-electron chi connectivity index (χ1n) is 7.39. The Bertz CT molecular complexity index is 816. The number of aromatic nitrogens is 3. The minimum atomic E-state index is -0.898. The van der Waals surface area contributed by atoms with Crippen LogP contribution in [0.15, 0.2) is 29.1 Å². The molecule has 8 heteroatoms. The van der Waals surface area contributed by atoms with Gasteiger partial charge in [0.25, 0.3) is 5.56 Å². The van der Waals surface area contributed by atoms with Crippen LogP contribution in [-0.2, 0) is 16.1 Å². The summed E-state index contributed by atoms with van der Waals surface area (Å²) in [5, 5.41) is 17.2. The molecule has 1 N–H and O–H groups in total. The topological polar surface area (TPSA) is 105 Å². The van der Waals surface area contributed by atoms with E-state index in [9.17, 15) is 14.4 Å². The van der Waals surface area contributed by atoms with Crippen molar-refractivity contribution in [3.8, 4) is 0 Å². The first-order chi connectivity index (χ1) is 11.1. The van der Waals surface area contributed by atoms with Crippen LogP contribution in [0.5, 0.6) is 0 Å². The van der Waals surface area contributed by atoms with Gasteiger partial charge in [0.15, 0.2) is 0 Å². The predicted octanol–water partition coefficient (Wildman–Crippen LogP) is 0.115. The largest absolute Gasteiger partial charge is 0.481 e. The zero-order valence-electron chi connectivity index (χ0n) is 12.4. The average Bonchev–Trinajstić information content (AvgIpc) is 2.57. The number of carbonyl (C=O) groups is 2. The molecular weight excluding hydrogens is 300 g/mol. The number of benzene rings is 1. The van der Waals surface area contributed by atoms with Crippen molar-refractivity contribution in [1.29, 1.82) is 0 Å². The van der Waals surface area contributed by atoms with Gasteiger partial charge in [-0.1, -0.05) is 17.3 Å². The van der Waals surface area contributed by atoms with E-state index in [-0.39, 0.29) is 24.6 Å². The van der Waals surface area contributed by atoms with Gasteiger partial charge in [0.05, 0.1) is 11.3 Å². The zero-order valence-corrected chi connectivity index (χ0v) is 12.4. The van der Waals surface area contributed by atoms with Crippen LogP contribution in [0.1, 0.15) is 12.8 Å². The molecule has 8 nitrogen and oxygen atoms in total. The van der Waals surface area contributed by atoms with Crippen LogP contribution in [0.4, 0.5) is 0 Å². The molecule has 0 aliphatic carbocycles. The highest BCUT2D eigenvalue weighted by Crippen LogP contribution is 2.16. The molecule has 1 aromatic heterocycles. The summed E-state index contributed by atoms with van der Waals surface area (Å²) >= 11 is 0. The Labute approximate surface area is 131 Å². The Kier molecular flexibility index (Phi) is 4.05. The van der Waals surface area contributed by atoms with Crippen molar-refractivity contribution < 1.29 is 14.7 Å². The first-order valence-corrected chi connectivity index (χ1v) is 7.39. The van der Waals surface area contributed by atoms with Crippen molar-refractivity contribution in [1.82, 2.24) is 19.9 Å². The molecule has 0 unspecified atom stereocenters. The van der Waals surface area contributed by atoms with E-state index in [2.05, 4.69) is 10.3 Å². The SMILES string of the molecule is O=C(O)[C@H]1CCCN(C(=O)Cn2nnc3ccccc3c2=O)C1. The van der Waals surface area contributed by atoms with Crippen LogP contribution in [0.2, 0.25) is 0 Å². The van der Waals surface area contributed by atoms with Gasteiger partial charge in [-0.05, 0) is 25.0 Å². The minimum absolute atomic E-state index is 0.171. The molecule has 23 heavy (non-hydrogen) atoms.